The van der Waals surface area contributed by atoms with Crippen LogP contribution >= 0.6 is 0 Å². The molecular formula is C22H27N5O6S. The summed E-state index contributed by atoms with van der Waals surface area (Å²) >= 11 is 0. The van der Waals surface area contributed by atoms with Crippen molar-refractivity contribution in [3.05, 3.63) is 48.7 Å². The lowest BCUT2D eigenvalue weighted by Gasteiger charge is -2.35. The fourth-order valence-electron chi connectivity index (χ4n) is 3.37. The molecule has 11 nitrogen and oxygen atoms in total. The molecule has 1 N–H and O–H groups in total. The van der Waals surface area contributed by atoms with Gasteiger partial charge in [-0.05, 0) is 36.4 Å². The smallest absolute Gasteiger partial charge is 0.321 e. The molecule has 0 bridgehead atoms. The lowest BCUT2D eigenvalue weighted by molar-refractivity contribution is -0.152. The van der Waals surface area contributed by atoms with Crippen LogP contribution in [0.5, 0.6) is 0 Å². The number of carbonyl (C=O) groups is 3. The van der Waals surface area contributed by atoms with Crippen LogP contribution in [0.3, 0.4) is 0 Å². The third kappa shape index (κ3) is 6.51. The highest BCUT2D eigenvalue weighted by atomic mass is 32.2. The standard InChI is InChI=1S/C22H27N5O6S/c1-17(28)24-18-6-8-19(9-7-18)34(31,32)25(2)15-22(30)33-16-21(29)27-13-11-26(12-14-27)20-5-3-4-10-23-20/h3-10H,11-16H2,1-2H3,(H,24,28). The number of nitrogens with zero attached hydrogens (tertiary/aromatic N) is 4. The van der Waals surface area contributed by atoms with E-state index in [0.717, 1.165) is 10.1 Å². The van der Waals surface area contributed by atoms with Gasteiger partial charge in [0, 0.05) is 52.0 Å². The molecule has 0 unspecified atom stereocenters. The van der Waals surface area contributed by atoms with E-state index in [1.54, 1.807) is 11.1 Å². The minimum Gasteiger partial charge on any atom is -0.455 e. The Morgan fingerprint density at radius 1 is 1.06 bits per heavy atom. The second-order valence-electron chi connectivity index (χ2n) is 7.68. The molecule has 2 heterocycles. The van der Waals surface area contributed by atoms with E-state index in [9.17, 15) is 22.8 Å². The molecule has 1 aromatic heterocycles. The Bertz CT molecular complexity index is 1120. The highest BCUT2D eigenvalue weighted by molar-refractivity contribution is 7.89. The number of piperazine rings is 1. The maximum Gasteiger partial charge on any atom is 0.321 e. The van der Waals surface area contributed by atoms with Gasteiger partial charge >= 0.3 is 5.97 Å². The number of amides is 2. The summed E-state index contributed by atoms with van der Waals surface area (Å²) in [6.07, 6.45) is 1.71. The third-order valence-corrected chi connectivity index (χ3v) is 7.01. The van der Waals surface area contributed by atoms with Crippen LogP contribution in [0.1, 0.15) is 6.92 Å². The molecule has 1 aromatic carbocycles. The molecule has 0 saturated carbocycles. The lowest BCUT2D eigenvalue weighted by atomic mass is 10.3. The average Bonchev–Trinajstić information content (AvgIpc) is 2.83. The molecule has 1 aliphatic heterocycles. The number of esters is 1. The van der Waals surface area contributed by atoms with Crippen molar-refractivity contribution in [2.24, 2.45) is 0 Å². The number of likely N-dealkylation sites (N-methyl/N-ethyl adjacent to an activating group) is 1. The van der Waals surface area contributed by atoms with Gasteiger partial charge in [0.2, 0.25) is 15.9 Å². The molecule has 1 fully saturated rings. The SMILES string of the molecule is CC(=O)Nc1ccc(S(=O)(=O)N(C)CC(=O)OCC(=O)N2CCN(c3ccccn3)CC2)cc1. The number of ether oxygens (including phenoxy) is 1. The Morgan fingerprint density at radius 3 is 2.32 bits per heavy atom. The summed E-state index contributed by atoms with van der Waals surface area (Å²) in [5.41, 5.74) is 0.452. The molecule has 0 spiro atoms. The third-order valence-electron chi connectivity index (χ3n) is 5.20. The number of anilines is 2. The van der Waals surface area contributed by atoms with E-state index in [0.29, 0.717) is 31.9 Å². The minimum absolute atomic E-state index is 0.0428. The largest absolute Gasteiger partial charge is 0.455 e. The molecule has 12 heteroatoms. The first-order valence-corrected chi connectivity index (χ1v) is 12.0. The van der Waals surface area contributed by atoms with Gasteiger partial charge in [-0.25, -0.2) is 13.4 Å². The van der Waals surface area contributed by atoms with Crippen molar-refractivity contribution in [1.82, 2.24) is 14.2 Å². The molecule has 0 atom stereocenters. The molecule has 2 aromatic rings. The molecule has 34 heavy (non-hydrogen) atoms. The summed E-state index contributed by atoms with van der Waals surface area (Å²) in [6.45, 7) is 2.50. The van der Waals surface area contributed by atoms with Gasteiger partial charge < -0.3 is 19.9 Å². The second-order valence-corrected chi connectivity index (χ2v) is 9.73. The van der Waals surface area contributed by atoms with E-state index in [1.165, 1.54) is 38.2 Å². The minimum atomic E-state index is -3.96. The summed E-state index contributed by atoms with van der Waals surface area (Å²) < 4.78 is 31.2. The molecular weight excluding hydrogens is 462 g/mol. The normalized spacial score (nSPS) is 14.1. The van der Waals surface area contributed by atoms with Crippen molar-refractivity contribution >= 4 is 39.3 Å². The van der Waals surface area contributed by atoms with E-state index >= 15 is 0 Å². The summed E-state index contributed by atoms with van der Waals surface area (Å²) in [6, 6.07) is 11.2. The van der Waals surface area contributed by atoms with Crippen LogP contribution in [-0.2, 0) is 29.1 Å². The Morgan fingerprint density at radius 2 is 1.74 bits per heavy atom. The van der Waals surface area contributed by atoms with Crippen LogP contribution in [0, 0.1) is 0 Å². The van der Waals surface area contributed by atoms with Crippen molar-refractivity contribution < 1.29 is 27.5 Å². The van der Waals surface area contributed by atoms with E-state index in [-0.39, 0.29) is 16.7 Å². The van der Waals surface area contributed by atoms with Crippen LogP contribution < -0.4 is 10.2 Å². The quantitative estimate of drug-likeness (QED) is 0.533. The lowest BCUT2D eigenvalue weighted by Crippen LogP contribution is -2.50. The monoisotopic (exact) mass is 489 g/mol. The first-order valence-electron chi connectivity index (χ1n) is 10.6. The van der Waals surface area contributed by atoms with Crippen LogP contribution in [0.2, 0.25) is 0 Å². The molecule has 1 aliphatic rings. The van der Waals surface area contributed by atoms with Crippen molar-refractivity contribution in [2.45, 2.75) is 11.8 Å². The average molecular weight is 490 g/mol. The zero-order valence-electron chi connectivity index (χ0n) is 19.0. The number of hydrogen-bond donors (Lipinski definition) is 1. The zero-order valence-corrected chi connectivity index (χ0v) is 19.8. The van der Waals surface area contributed by atoms with Crippen LogP contribution in [-0.4, -0.2) is 86.8 Å². The maximum absolute atomic E-state index is 12.7. The summed E-state index contributed by atoms with van der Waals surface area (Å²) in [7, 11) is -2.71. The number of pyridine rings is 1. The zero-order chi connectivity index (χ0) is 24.7. The molecule has 3 rings (SSSR count). The van der Waals surface area contributed by atoms with Crippen LogP contribution in [0.15, 0.2) is 53.6 Å². The molecule has 2 amide bonds. The van der Waals surface area contributed by atoms with Gasteiger partial charge in [-0.1, -0.05) is 6.07 Å². The van der Waals surface area contributed by atoms with Gasteiger partial charge in [0.1, 0.15) is 12.4 Å². The van der Waals surface area contributed by atoms with Gasteiger partial charge in [-0.15, -0.1) is 0 Å². The number of rotatable bonds is 8. The fourth-order valence-corrected chi connectivity index (χ4v) is 4.48. The number of benzene rings is 1. The van der Waals surface area contributed by atoms with Crippen molar-refractivity contribution in [3.8, 4) is 0 Å². The second kappa shape index (κ2) is 11.1. The number of sulfonamides is 1. The van der Waals surface area contributed by atoms with Gasteiger partial charge in [-0.2, -0.15) is 4.31 Å². The number of aromatic nitrogens is 1. The highest BCUT2D eigenvalue weighted by Crippen LogP contribution is 2.18. The first-order chi connectivity index (χ1) is 16.2. The van der Waals surface area contributed by atoms with E-state index in [4.69, 9.17) is 4.74 Å². The summed E-state index contributed by atoms with van der Waals surface area (Å²) in [5, 5.41) is 2.55. The van der Waals surface area contributed by atoms with E-state index in [2.05, 4.69) is 15.2 Å². The Labute approximate surface area is 198 Å². The van der Waals surface area contributed by atoms with E-state index in [1.807, 2.05) is 18.2 Å². The Kier molecular flexibility index (Phi) is 8.18. The van der Waals surface area contributed by atoms with Crippen molar-refractivity contribution in [3.63, 3.8) is 0 Å². The van der Waals surface area contributed by atoms with Gasteiger partial charge in [0.05, 0.1) is 4.90 Å². The summed E-state index contributed by atoms with van der Waals surface area (Å²) in [4.78, 5) is 43.6. The van der Waals surface area contributed by atoms with E-state index < -0.39 is 29.1 Å². The molecule has 182 valence electrons. The maximum atomic E-state index is 12.7. The van der Waals surface area contributed by atoms with Crippen molar-refractivity contribution in [2.75, 3.05) is 56.6 Å². The van der Waals surface area contributed by atoms with Gasteiger partial charge in [-0.3, -0.25) is 14.4 Å². The van der Waals surface area contributed by atoms with Crippen molar-refractivity contribution in [1.29, 1.82) is 0 Å². The highest BCUT2D eigenvalue weighted by Gasteiger charge is 2.26. The molecule has 0 radical (unpaired) electrons. The number of nitrogens with one attached hydrogen (secondary N) is 1. The number of carbonyl (C=O) groups excluding carboxylic acids is 3. The Balaban J connectivity index is 1.45. The predicted octanol–water partition coefficient (Wildman–Crippen LogP) is 0.553. The Hall–Kier alpha value is -3.51. The van der Waals surface area contributed by atoms with Gasteiger partial charge in [0.25, 0.3) is 5.91 Å². The molecule has 1 saturated heterocycles. The fraction of sp³-hybridized carbons (Fsp3) is 0.364. The molecule has 0 aliphatic carbocycles. The number of hydrogen-bond acceptors (Lipinski definition) is 8. The van der Waals surface area contributed by atoms with Crippen LogP contribution in [0.4, 0.5) is 11.5 Å². The first kappa shape index (κ1) is 25.1. The topological polar surface area (TPSA) is 129 Å². The van der Waals surface area contributed by atoms with Crippen LogP contribution in [0.25, 0.3) is 0 Å². The van der Waals surface area contributed by atoms with Gasteiger partial charge in [0.15, 0.2) is 6.61 Å². The summed E-state index contributed by atoms with van der Waals surface area (Å²) in [5.74, 6) is -0.607. The predicted molar refractivity (Wildman–Crippen MR) is 125 cm³/mol.